The Morgan fingerprint density at radius 2 is 2.21 bits per heavy atom. The van der Waals surface area contributed by atoms with Crippen molar-refractivity contribution in [3.63, 3.8) is 0 Å². The largest absolute Gasteiger partial charge is 0.477 e. The van der Waals surface area contributed by atoms with Crippen LogP contribution in [0, 0.1) is 0 Å². The molecular formula is C14H11NO3S. The van der Waals surface area contributed by atoms with Gasteiger partial charge in [-0.15, -0.1) is 11.3 Å². The molecular weight excluding hydrogens is 262 g/mol. The van der Waals surface area contributed by atoms with E-state index < -0.39 is 5.97 Å². The van der Waals surface area contributed by atoms with Crippen LogP contribution in [0.15, 0.2) is 34.7 Å². The molecule has 0 unspecified atom stereocenters. The maximum atomic E-state index is 11.1. The Morgan fingerprint density at radius 1 is 1.42 bits per heavy atom. The summed E-state index contributed by atoms with van der Waals surface area (Å²) in [5.41, 5.74) is 1.38. The summed E-state index contributed by atoms with van der Waals surface area (Å²) < 4.78 is 5.70. The van der Waals surface area contributed by atoms with Gasteiger partial charge in [0.05, 0.1) is 5.69 Å². The van der Waals surface area contributed by atoms with Crippen LogP contribution in [-0.2, 0) is 6.42 Å². The molecule has 0 fully saturated rings. The molecule has 3 rings (SSSR count). The highest BCUT2D eigenvalue weighted by molar-refractivity contribution is 7.16. The summed E-state index contributed by atoms with van der Waals surface area (Å²) in [6, 6.07) is 9.56. The van der Waals surface area contributed by atoms with Crippen molar-refractivity contribution in [2.45, 2.75) is 13.3 Å². The Kier molecular flexibility index (Phi) is 2.83. The number of benzene rings is 1. The normalized spacial score (nSPS) is 11.0. The van der Waals surface area contributed by atoms with Crippen molar-refractivity contribution in [2.75, 3.05) is 0 Å². The zero-order valence-corrected chi connectivity index (χ0v) is 11.0. The van der Waals surface area contributed by atoms with Gasteiger partial charge in [0.25, 0.3) is 0 Å². The average Bonchev–Trinajstić information content (AvgIpc) is 3.02. The number of fused-ring (bicyclic) bond motifs is 1. The van der Waals surface area contributed by atoms with Gasteiger partial charge in [-0.05, 0) is 18.6 Å². The fourth-order valence-corrected chi connectivity index (χ4v) is 2.90. The van der Waals surface area contributed by atoms with E-state index in [2.05, 4.69) is 4.98 Å². The minimum absolute atomic E-state index is 0.290. The van der Waals surface area contributed by atoms with Gasteiger partial charge in [0.1, 0.15) is 10.5 Å². The molecule has 0 saturated carbocycles. The predicted molar refractivity (Wildman–Crippen MR) is 73.7 cm³/mol. The number of nitrogens with zero attached hydrogens (tertiary/aromatic N) is 1. The molecule has 5 heteroatoms. The molecule has 1 N–H and O–H groups in total. The summed E-state index contributed by atoms with van der Waals surface area (Å²) in [6.45, 7) is 1.89. The molecule has 0 atom stereocenters. The second kappa shape index (κ2) is 4.51. The van der Waals surface area contributed by atoms with Crippen molar-refractivity contribution in [1.82, 2.24) is 4.98 Å². The van der Waals surface area contributed by atoms with Crippen LogP contribution >= 0.6 is 11.3 Å². The smallest absolute Gasteiger partial charge is 0.347 e. The van der Waals surface area contributed by atoms with Crippen LogP contribution in [-0.4, -0.2) is 16.1 Å². The van der Waals surface area contributed by atoms with Crippen molar-refractivity contribution >= 4 is 28.3 Å². The quantitative estimate of drug-likeness (QED) is 0.788. The molecule has 0 aliphatic carbocycles. The number of aromatic nitrogens is 1. The highest BCUT2D eigenvalue weighted by Crippen LogP contribution is 2.32. The molecule has 0 saturated heterocycles. The van der Waals surface area contributed by atoms with Gasteiger partial charge in [0, 0.05) is 5.39 Å². The van der Waals surface area contributed by atoms with Gasteiger partial charge in [0.2, 0.25) is 0 Å². The monoisotopic (exact) mass is 273 g/mol. The standard InChI is InChI=1S/C14H11NO3S/c1-2-9-12(14(16)17)19-13(15-9)11-7-8-5-3-4-6-10(8)18-11/h3-7H,2H2,1H3,(H,16,17). The summed E-state index contributed by atoms with van der Waals surface area (Å²) in [7, 11) is 0. The minimum Gasteiger partial charge on any atom is -0.477 e. The Morgan fingerprint density at radius 3 is 2.84 bits per heavy atom. The molecule has 96 valence electrons. The van der Waals surface area contributed by atoms with Gasteiger partial charge in [-0.1, -0.05) is 25.1 Å². The summed E-state index contributed by atoms with van der Waals surface area (Å²) in [4.78, 5) is 15.8. The van der Waals surface area contributed by atoms with Gasteiger partial charge in [-0.3, -0.25) is 0 Å². The van der Waals surface area contributed by atoms with Crippen LogP contribution in [0.1, 0.15) is 22.3 Å². The van der Waals surface area contributed by atoms with Crippen molar-refractivity contribution < 1.29 is 14.3 Å². The summed E-state index contributed by atoms with van der Waals surface area (Å²) in [6.07, 6.45) is 0.596. The molecule has 0 aliphatic rings. The van der Waals surface area contributed by atoms with Gasteiger partial charge in [0.15, 0.2) is 10.8 Å². The van der Waals surface area contributed by atoms with E-state index in [1.165, 1.54) is 0 Å². The molecule has 4 nitrogen and oxygen atoms in total. The van der Waals surface area contributed by atoms with Gasteiger partial charge in [-0.25, -0.2) is 9.78 Å². The molecule has 0 bridgehead atoms. The van der Waals surface area contributed by atoms with Gasteiger partial charge >= 0.3 is 5.97 Å². The number of furan rings is 1. The molecule has 0 spiro atoms. The molecule has 19 heavy (non-hydrogen) atoms. The van der Waals surface area contributed by atoms with E-state index in [0.717, 1.165) is 22.3 Å². The van der Waals surface area contributed by atoms with Gasteiger partial charge < -0.3 is 9.52 Å². The summed E-state index contributed by atoms with van der Waals surface area (Å²) in [5, 5.41) is 10.7. The first-order valence-electron chi connectivity index (χ1n) is 5.91. The fraction of sp³-hybridized carbons (Fsp3) is 0.143. The Labute approximate surface area is 113 Å². The number of carbonyl (C=O) groups is 1. The Balaban J connectivity index is 2.13. The third kappa shape index (κ3) is 2.02. The van der Waals surface area contributed by atoms with Crippen LogP contribution in [0.3, 0.4) is 0 Å². The lowest BCUT2D eigenvalue weighted by atomic mass is 10.2. The molecule has 0 radical (unpaired) electrons. The number of hydrogen-bond donors (Lipinski definition) is 1. The Hall–Kier alpha value is -2.14. The van der Waals surface area contributed by atoms with Crippen molar-refractivity contribution in [3.8, 4) is 10.8 Å². The van der Waals surface area contributed by atoms with E-state index in [9.17, 15) is 4.79 Å². The highest BCUT2D eigenvalue weighted by atomic mass is 32.1. The van der Waals surface area contributed by atoms with Crippen LogP contribution in [0.4, 0.5) is 0 Å². The van der Waals surface area contributed by atoms with Crippen molar-refractivity contribution in [2.24, 2.45) is 0 Å². The van der Waals surface area contributed by atoms with E-state index in [1.807, 2.05) is 37.3 Å². The predicted octanol–water partition coefficient (Wildman–Crippen LogP) is 3.82. The van der Waals surface area contributed by atoms with E-state index in [4.69, 9.17) is 9.52 Å². The fourth-order valence-electron chi connectivity index (χ4n) is 1.95. The number of aryl methyl sites for hydroxylation is 1. The number of aromatic carboxylic acids is 1. The maximum absolute atomic E-state index is 11.1. The lowest BCUT2D eigenvalue weighted by Gasteiger charge is -1.89. The SMILES string of the molecule is CCc1nc(-c2cc3ccccc3o2)sc1C(=O)O. The van der Waals surface area contributed by atoms with Crippen LogP contribution in [0.5, 0.6) is 0 Å². The van der Waals surface area contributed by atoms with E-state index in [-0.39, 0.29) is 4.88 Å². The second-order valence-corrected chi connectivity index (χ2v) is 5.10. The third-order valence-electron chi connectivity index (χ3n) is 2.86. The number of thiazole rings is 1. The Bertz CT molecular complexity index is 724. The summed E-state index contributed by atoms with van der Waals surface area (Å²) in [5.74, 6) is -0.315. The lowest BCUT2D eigenvalue weighted by molar-refractivity contribution is 0.0701. The molecule has 0 aliphatic heterocycles. The average molecular weight is 273 g/mol. The molecule has 0 amide bonds. The number of para-hydroxylation sites is 1. The zero-order chi connectivity index (χ0) is 13.4. The third-order valence-corrected chi connectivity index (χ3v) is 3.96. The van der Waals surface area contributed by atoms with E-state index >= 15 is 0 Å². The topological polar surface area (TPSA) is 63.3 Å². The molecule has 1 aromatic carbocycles. The first kappa shape index (κ1) is 11.9. The van der Waals surface area contributed by atoms with Crippen molar-refractivity contribution in [3.05, 3.63) is 40.9 Å². The van der Waals surface area contributed by atoms with Crippen LogP contribution in [0.2, 0.25) is 0 Å². The number of carboxylic acid groups (broad SMARTS) is 1. The zero-order valence-electron chi connectivity index (χ0n) is 10.2. The number of hydrogen-bond acceptors (Lipinski definition) is 4. The molecule has 2 heterocycles. The first-order valence-corrected chi connectivity index (χ1v) is 6.72. The van der Waals surface area contributed by atoms with E-state index in [1.54, 1.807) is 0 Å². The molecule has 2 aromatic heterocycles. The highest BCUT2D eigenvalue weighted by Gasteiger charge is 2.18. The second-order valence-electron chi connectivity index (χ2n) is 4.10. The van der Waals surface area contributed by atoms with Crippen LogP contribution in [0.25, 0.3) is 21.7 Å². The molecule has 3 aromatic rings. The van der Waals surface area contributed by atoms with E-state index in [0.29, 0.717) is 22.9 Å². The minimum atomic E-state index is -0.934. The van der Waals surface area contributed by atoms with Gasteiger partial charge in [-0.2, -0.15) is 0 Å². The first-order chi connectivity index (χ1) is 9.19. The maximum Gasteiger partial charge on any atom is 0.347 e. The van der Waals surface area contributed by atoms with Crippen molar-refractivity contribution in [1.29, 1.82) is 0 Å². The lowest BCUT2D eigenvalue weighted by Crippen LogP contribution is -1.97. The van der Waals surface area contributed by atoms with Crippen LogP contribution < -0.4 is 0 Å². The number of carboxylic acids is 1. The number of rotatable bonds is 3. The summed E-state index contributed by atoms with van der Waals surface area (Å²) >= 11 is 1.16.